The second-order valence-corrected chi connectivity index (χ2v) is 26.8. The molecular formula is C72H118N6. The van der Waals surface area contributed by atoms with Crippen LogP contribution in [0, 0.1) is 35.5 Å². The number of para-hydroxylation sites is 1. The Morgan fingerprint density at radius 3 is 1.06 bits per heavy atom. The Hall–Kier alpha value is -2.74. The summed E-state index contributed by atoms with van der Waals surface area (Å²) in [6, 6.07) is 29.4. The van der Waals surface area contributed by atoms with Crippen molar-refractivity contribution in [1.82, 2.24) is 26.6 Å². The topological polar surface area (TPSA) is 72.2 Å². The number of piperidine rings is 5. The predicted octanol–water partition coefficient (Wildman–Crippen LogP) is 16.8. The first-order valence-electron chi connectivity index (χ1n) is 33.7. The van der Waals surface area contributed by atoms with Gasteiger partial charge in [-0.15, -0.1) is 0 Å². The third-order valence-electron chi connectivity index (χ3n) is 21.0. The second-order valence-electron chi connectivity index (χ2n) is 26.8. The van der Waals surface area contributed by atoms with E-state index in [1.54, 1.807) is 81.8 Å². The van der Waals surface area contributed by atoms with Crippen molar-refractivity contribution in [3.8, 4) is 0 Å². The highest BCUT2D eigenvalue weighted by Gasteiger charge is 2.32. The number of hydrogen-bond donors (Lipinski definition) is 6. The van der Waals surface area contributed by atoms with E-state index in [4.69, 9.17) is 0 Å². The molecule has 436 valence electrons. The number of benzene rings is 3. The van der Waals surface area contributed by atoms with E-state index in [0.717, 1.165) is 67.5 Å². The van der Waals surface area contributed by atoms with E-state index in [-0.39, 0.29) is 7.43 Å². The minimum Gasteiger partial charge on any atom is -0.384 e. The molecule has 4 unspecified atom stereocenters. The zero-order valence-corrected chi connectivity index (χ0v) is 49.1. The van der Waals surface area contributed by atoms with Gasteiger partial charge in [-0.05, 0) is 211 Å². The third-order valence-corrected chi connectivity index (χ3v) is 21.0. The molecule has 10 bridgehead atoms. The number of anilines is 1. The van der Waals surface area contributed by atoms with Crippen LogP contribution in [0.4, 0.5) is 5.69 Å². The summed E-state index contributed by atoms with van der Waals surface area (Å²) in [5.74, 6) is 6.75. The maximum absolute atomic E-state index is 3.59. The minimum absolute atomic E-state index is 0. The number of rotatable bonds is 0. The molecule has 6 N–H and O–H groups in total. The van der Waals surface area contributed by atoms with E-state index in [1.807, 2.05) is 0 Å². The number of aryl methyl sites for hydroxylation is 2. The molecule has 0 spiro atoms. The van der Waals surface area contributed by atoms with Gasteiger partial charge in [0.2, 0.25) is 0 Å². The number of nitrogens with one attached hydrogen (secondary N) is 6. The van der Waals surface area contributed by atoms with E-state index < -0.39 is 0 Å². The largest absolute Gasteiger partial charge is 0.384 e. The molecule has 0 radical (unpaired) electrons. The third kappa shape index (κ3) is 21.5. The molecule has 9 aliphatic carbocycles. The highest BCUT2D eigenvalue weighted by molar-refractivity contribution is 5.54. The Morgan fingerprint density at radius 1 is 0.295 bits per heavy atom. The molecule has 8 aliphatic heterocycles. The molecule has 0 aromatic heterocycles. The van der Waals surface area contributed by atoms with Crippen LogP contribution in [0.25, 0.3) is 0 Å². The fourth-order valence-corrected chi connectivity index (χ4v) is 16.0. The van der Waals surface area contributed by atoms with Crippen molar-refractivity contribution < 1.29 is 0 Å². The molecule has 6 nitrogen and oxygen atoms in total. The zero-order valence-electron chi connectivity index (χ0n) is 49.1. The standard InChI is InChI=1S/C9H10.2C8H9N.C8H14.2C7H13N.C7H12.C6H11N.C6H12.C5H11N.CH4/c1-2-5-9-7-3-6-8(9)4-1;1-2-4-8-6-9-5-7(8)3-1;1-2-4-8-7(3-1)5-6-9-8;1-2-8-5-3-7(1)4-6-8;1-3-7-4-2-6(1)5-8-7;1-2-6-4-5-7(3-1)8-6;1-2-7-4-3-6(1)5-7;1-2-6-3-5(1)4-7-6;2*1-2-4-6-5-3-1;/h1-2,4-5H,3,6-7H2;2*1-4,9H,5-6H2;7-8H,1-6H2;2*6-8H,1-5H2;6-7H,1-5H2;5-7H,1-4H2;1-6H2;6H,1-5H2;1H4. The molecule has 3 aromatic rings. The van der Waals surface area contributed by atoms with Crippen LogP contribution in [0.2, 0.25) is 0 Å². The lowest BCUT2D eigenvalue weighted by Gasteiger charge is -2.36. The van der Waals surface area contributed by atoms with Crippen LogP contribution >= 0.6 is 0 Å². The molecule has 6 heteroatoms. The molecule has 20 rings (SSSR count). The van der Waals surface area contributed by atoms with E-state index in [1.165, 1.54) is 221 Å². The van der Waals surface area contributed by atoms with Gasteiger partial charge in [-0.3, -0.25) is 0 Å². The van der Waals surface area contributed by atoms with Gasteiger partial charge in [0.25, 0.3) is 0 Å². The number of hydrogen-bond acceptors (Lipinski definition) is 6. The van der Waals surface area contributed by atoms with Crippen molar-refractivity contribution in [1.29, 1.82) is 0 Å². The first-order valence-corrected chi connectivity index (χ1v) is 33.7. The summed E-state index contributed by atoms with van der Waals surface area (Å²) < 4.78 is 0. The van der Waals surface area contributed by atoms with E-state index in [0.29, 0.717) is 0 Å². The first kappa shape index (κ1) is 61.3. The van der Waals surface area contributed by atoms with E-state index in [2.05, 4.69) is 105 Å². The predicted molar refractivity (Wildman–Crippen MR) is 337 cm³/mol. The highest BCUT2D eigenvalue weighted by Crippen LogP contribution is 2.44. The molecule has 78 heavy (non-hydrogen) atoms. The summed E-state index contributed by atoms with van der Waals surface area (Å²) in [4.78, 5) is 0. The number of fused-ring (bicyclic) bond motifs is 15. The zero-order chi connectivity index (χ0) is 52.4. The quantitative estimate of drug-likeness (QED) is 0.135. The SMILES string of the molecule is C.C1CC2CC1CN2.C1CC2CCC(C1)N2.C1CC2CCC1C2.C1CC2CCC1CC2.C1CC2CCC1CN2.C1CCCCC1.C1CCNCC1.c1ccc2c(c1)CCC2.c1ccc2c(c1)CCN2.c1ccc2c(c1)CNC2. The molecule has 8 saturated carbocycles. The van der Waals surface area contributed by atoms with Crippen molar-refractivity contribution in [3.05, 3.63) is 101 Å². The Labute approximate surface area is 480 Å². The van der Waals surface area contributed by atoms with Crippen molar-refractivity contribution in [2.75, 3.05) is 38.0 Å². The van der Waals surface area contributed by atoms with Crippen molar-refractivity contribution in [3.63, 3.8) is 0 Å². The normalized spacial score (nSPS) is 31.4. The lowest BCUT2D eigenvalue weighted by atomic mass is 9.71. The van der Waals surface area contributed by atoms with Crippen molar-refractivity contribution in [2.45, 2.75) is 276 Å². The van der Waals surface area contributed by atoms with Crippen LogP contribution in [-0.4, -0.2) is 56.9 Å². The van der Waals surface area contributed by atoms with Gasteiger partial charge in [0, 0.05) is 49.5 Å². The Morgan fingerprint density at radius 2 is 0.731 bits per heavy atom. The van der Waals surface area contributed by atoms with Crippen molar-refractivity contribution >= 4 is 5.69 Å². The Balaban J connectivity index is 0.000000115. The molecule has 0 amide bonds. The van der Waals surface area contributed by atoms with Crippen LogP contribution in [0.15, 0.2) is 72.8 Å². The fraction of sp³-hybridized carbons (Fsp3) is 0.750. The van der Waals surface area contributed by atoms with Gasteiger partial charge in [-0.2, -0.15) is 0 Å². The average Bonchev–Trinajstić information content (AvgIpc) is 4.40. The minimum atomic E-state index is 0. The van der Waals surface area contributed by atoms with Gasteiger partial charge in [-0.1, -0.05) is 190 Å². The highest BCUT2D eigenvalue weighted by atomic mass is 15.0. The molecule has 17 aliphatic rings. The van der Waals surface area contributed by atoms with Crippen LogP contribution in [-0.2, 0) is 32.4 Å². The summed E-state index contributed by atoms with van der Waals surface area (Å²) >= 11 is 0. The average molecular weight is 1070 g/mol. The lowest BCUT2D eigenvalue weighted by molar-refractivity contribution is 0.176. The summed E-state index contributed by atoms with van der Waals surface area (Å²) in [7, 11) is 0. The Bertz CT molecular complexity index is 1650. The van der Waals surface area contributed by atoms with E-state index in [9.17, 15) is 0 Å². The monoisotopic (exact) mass is 1070 g/mol. The molecule has 6 saturated heterocycles. The molecule has 4 atom stereocenters. The first-order chi connectivity index (χ1) is 38.1. The van der Waals surface area contributed by atoms with Crippen molar-refractivity contribution in [2.24, 2.45) is 35.5 Å². The molecule has 3 aromatic carbocycles. The van der Waals surface area contributed by atoms with E-state index >= 15 is 0 Å². The smallest absolute Gasteiger partial charge is 0.0373 e. The molecule has 8 heterocycles. The van der Waals surface area contributed by atoms with Crippen LogP contribution in [0.1, 0.15) is 247 Å². The summed E-state index contributed by atoms with van der Waals surface area (Å²) in [5, 5.41) is 20.4. The fourth-order valence-electron chi connectivity index (χ4n) is 16.0. The maximum atomic E-state index is 3.59. The molecular weight excluding hydrogens is 949 g/mol. The van der Waals surface area contributed by atoms with Gasteiger partial charge in [-0.25, -0.2) is 0 Å². The van der Waals surface area contributed by atoms with Crippen LogP contribution < -0.4 is 31.9 Å². The van der Waals surface area contributed by atoms with Gasteiger partial charge < -0.3 is 31.9 Å². The summed E-state index contributed by atoms with van der Waals surface area (Å²) in [6.07, 6.45) is 53.1. The summed E-state index contributed by atoms with van der Waals surface area (Å²) in [5.41, 5.74) is 8.82. The maximum Gasteiger partial charge on any atom is 0.0373 e. The molecule has 14 fully saturated rings. The van der Waals surface area contributed by atoms with Crippen LogP contribution in [0.3, 0.4) is 0 Å². The van der Waals surface area contributed by atoms with Gasteiger partial charge in [0.1, 0.15) is 0 Å². The van der Waals surface area contributed by atoms with Gasteiger partial charge in [0.05, 0.1) is 0 Å². The van der Waals surface area contributed by atoms with Crippen LogP contribution in [0.5, 0.6) is 0 Å². The summed E-state index contributed by atoms with van der Waals surface area (Å²) in [6.45, 7) is 8.33. The Kier molecular flexibility index (Phi) is 27.8. The second kappa shape index (κ2) is 35.3. The van der Waals surface area contributed by atoms with Gasteiger partial charge >= 0.3 is 0 Å². The van der Waals surface area contributed by atoms with Gasteiger partial charge in [0.15, 0.2) is 0 Å². The lowest BCUT2D eigenvalue weighted by Crippen LogP contribution is -2.44.